The van der Waals surface area contributed by atoms with Gasteiger partial charge < -0.3 is 15.2 Å². The second kappa shape index (κ2) is 3.95. The Labute approximate surface area is 79.5 Å². The molecule has 0 aromatic heterocycles. The van der Waals surface area contributed by atoms with Gasteiger partial charge in [-0.3, -0.25) is 0 Å². The van der Waals surface area contributed by atoms with Gasteiger partial charge in [0.25, 0.3) is 0 Å². The van der Waals surface area contributed by atoms with E-state index >= 15 is 0 Å². The van der Waals surface area contributed by atoms with Crippen LogP contribution in [0.4, 0.5) is 0 Å². The van der Waals surface area contributed by atoms with Crippen LogP contribution in [0.25, 0.3) is 0 Å². The van der Waals surface area contributed by atoms with Gasteiger partial charge in [0.15, 0.2) is 0 Å². The number of hydrogen-bond acceptors (Lipinski definition) is 3. The molecule has 1 heterocycles. The highest BCUT2D eigenvalue weighted by molar-refractivity contribution is 4.91. The third-order valence-electron chi connectivity index (χ3n) is 3.22. The first-order chi connectivity index (χ1) is 6.35. The first-order valence-corrected chi connectivity index (χ1v) is 5.28. The Morgan fingerprint density at radius 3 is 2.54 bits per heavy atom. The average Bonchev–Trinajstić information content (AvgIpc) is 3.00. The van der Waals surface area contributed by atoms with Gasteiger partial charge in [-0.15, -0.1) is 0 Å². The van der Waals surface area contributed by atoms with E-state index in [1.807, 2.05) is 0 Å². The molecule has 0 unspecified atom stereocenters. The lowest BCUT2D eigenvalue weighted by Gasteiger charge is -2.36. The zero-order valence-corrected chi connectivity index (χ0v) is 8.09. The van der Waals surface area contributed by atoms with Crippen LogP contribution in [0.5, 0.6) is 0 Å². The molecular formula is C10H19NO2. The van der Waals surface area contributed by atoms with Crippen LogP contribution in [-0.2, 0) is 4.74 Å². The number of nitrogens with one attached hydrogen (secondary N) is 1. The standard InChI is InChI=1S/C10H19NO2/c12-8-10(3-5-13-6-4-10)11-7-9-1-2-9/h9,11-12H,1-8H2. The SMILES string of the molecule is OCC1(NCC2CC2)CCOCC1. The van der Waals surface area contributed by atoms with E-state index in [1.165, 1.54) is 12.8 Å². The van der Waals surface area contributed by atoms with Gasteiger partial charge in [-0.05, 0) is 38.1 Å². The molecule has 0 amide bonds. The lowest BCUT2D eigenvalue weighted by Crippen LogP contribution is -2.52. The van der Waals surface area contributed by atoms with E-state index in [1.54, 1.807) is 0 Å². The molecule has 3 heteroatoms. The largest absolute Gasteiger partial charge is 0.394 e. The molecular weight excluding hydrogens is 166 g/mol. The normalized spacial score (nSPS) is 27.5. The Balaban J connectivity index is 1.80. The van der Waals surface area contributed by atoms with Gasteiger partial charge >= 0.3 is 0 Å². The molecule has 0 spiro atoms. The third-order valence-corrected chi connectivity index (χ3v) is 3.22. The summed E-state index contributed by atoms with van der Waals surface area (Å²) in [5.74, 6) is 0.881. The molecule has 3 nitrogen and oxygen atoms in total. The molecule has 2 N–H and O–H groups in total. The Morgan fingerprint density at radius 2 is 2.00 bits per heavy atom. The van der Waals surface area contributed by atoms with Gasteiger partial charge in [0.1, 0.15) is 0 Å². The molecule has 2 aliphatic rings. The van der Waals surface area contributed by atoms with E-state index in [4.69, 9.17) is 4.74 Å². The summed E-state index contributed by atoms with van der Waals surface area (Å²) < 4.78 is 5.30. The molecule has 2 fully saturated rings. The van der Waals surface area contributed by atoms with Crippen molar-refractivity contribution in [1.82, 2.24) is 5.32 Å². The van der Waals surface area contributed by atoms with E-state index in [0.29, 0.717) is 0 Å². The topological polar surface area (TPSA) is 41.5 Å². The van der Waals surface area contributed by atoms with Gasteiger partial charge in [-0.25, -0.2) is 0 Å². The molecule has 13 heavy (non-hydrogen) atoms. The fourth-order valence-electron chi connectivity index (χ4n) is 1.84. The number of ether oxygens (including phenoxy) is 1. The smallest absolute Gasteiger partial charge is 0.0615 e. The van der Waals surface area contributed by atoms with Crippen LogP contribution in [-0.4, -0.2) is 37.0 Å². The van der Waals surface area contributed by atoms with Gasteiger partial charge in [0.05, 0.1) is 6.61 Å². The minimum absolute atomic E-state index is 0.0269. The molecule has 2 rings (SSSR count). The highest BCUT2D eigenvalue weighted by Crippen LogP contribution is 2.29. The van der Waals surface area contributed by atoms with E-state index in [2.05, 4.69) is 5.32 Å². The number of hydrogen-bond donors (Lipinski definition) is 2. The number of aliphatic hydroxyl groups excluding tert-OH is 1. The van der Waals surface area contributed by atoms with Crippen molar-refractivity contribution in [2.45, 2.75) is 31.2 Å². The van der Waals surface area contributed by atoms with E-state index in [-0.39, 0.29) is 12.1 Å². The van der Waals surface area contributed by atoms with Crippen molar-refractivity contribution in [3.05, 3.63) is 0 Å². The summed E-state index contributed by atoms with van der Waals surface area (Å²) in [6.45, 7) is 2.92. The van der Waals surface area contributed by atoms with Crippen LogP contribution in [0, 0.1) is 5.92 Å². The average molecular weight is 185 g/mol. The number of aliphatic hydroxyl groups is 1. The van der Waals surface area contributed by atoms with Crippen LogP contribution in [0.15, 0.2) is 0 Å². The van der Waals surface area contributed by atoms with E-state index < -0.39 is 0 Å². The maximum absolute atomic E-state index is 9.36. The molecule has 1 saturated heterocycles. The molecule has 0 atom stereocenters. The van der Waals surface area contributed by atoms with Crippen molar-refractivity contribution < 1.29 is 9.84 Å². The fraction of sp³-hybridized carbons (Fsp3) is 1.00. The summed E-state index contributed by atoms with van der Waals surface area (Å²) in [4.78, 5) is 0. The van der Waals surface area contributed by atoms with Crippen LogP contribution in [0.2, 0.25) is 0 Å². The summed E-state index contributed by atoms with van der Waals surface area (Å²) in [7, 11) is 0. The summed E-state index contributed by atoms with van der Waals surface area (Å²) in [5.41, 5.74) is -0.0269. The second-order valence-electron chi connectivity index (χ2n) is 4.38. The fourth-order valence-corrected chi connectivity index (χ4v) is 1.84. The van der Waals surface area contributed by atoms with Crippen LogP contribution in [0.1, 0.15) is 25.7 Å². The van der Waals surface area contributed by atoms with Crippen molar-refractivity contribution in [2.24, 2.45) is 5.92 Å². The predicted molar refractivity (Wildman–Crippen MR) is 50.6 cm³/mol. The van der Waals surface area contributed by atoms with Crippen molar-refractivity contribution in [1.29, 1.82) is 0 Å². The molecule has 1 aliphatic carbocycles. The lowest BCUT2D eigenvalue weighted by molar-refractivity contribution is 0.0116. The van der Waals surface area contributed by atoms with Crippen molar-refractivity contribution in [2.75, 3.05) is 26.4 Å². The first kappa shape index (κ1) is 9.44. The monoisotopic (exact) mass is 185 g/mol. The summed E-state index contributed by atoms with van der Waals surface area (Å²) >= 11 is 0. The molecule has 0 bridgehead atoms. The van der Waals surface area contributed by atoms with E-state index in [0.717, 1.165) is 38.5 Å². The molecule has 0 aromatic rings. The Hall–Kier alpha value is -0.120. The third kappa shape index (κ3) is 2.42. The minimum atomic E-state index is -0.0269. The zero-order valence-electron chi connectivity index (χ0n) is 8.09. The van der Waals surface area contributed by atoms with Crippen LogP contribution in [0.3, 0.4) is 0 Å². The lowest BCUT2D eigenvalue weighted by atomic mass is 9.91. The highest BCUT2D eigenvalue weighted by Gasteiger charge is 2.33. The Morgan fingerprint density at radius 1 is 1.31 bits per heavy atom. The summed E-state index contributed by atoms with van der Waals surface area (Å²) in [6, 6.07) is 0. The summed E-state index contributed by atoms with van der Waals surface area (Å²) in [6.07, 6.45) is 4.64. The highest BCUT2D eigenvalue weighted by atomic mass is 16.5. The number of rotatable bonds is 4. The Kier molecular flexibility index (Phi) is 2.86. The van der Waals surface area contributed by atoms with Gasteiger partial charge in [-0.2, -0.15) is 0 Å². The van der Waals surface area contributed by atoms with Gasteiger partial charge in [0.2, 0.25) is 0 Å². The van der Waals surface area contributed by atoms with Crippen molar-refractivity contribution >= 4 is 0 Å². The van der Waals surface area contributed by atoms with Crippen LogP contribution >= 0.6 is 0 Å². The molecule has 0 radical (unpaired) electrons. The quantitative estimate of drug-likeness (QED) is 0.671. The van der Waals surface area contributed by atoms with Crippen molar-refractivity contribution in [3.63, 3.8) is 0 Å². The van der Waals surface area contributed by atoms with Gasteiger partial charge in [-0.1, -0.05) is 0 Å². The maximum Gasteiger partial charge on any atom is 0.0615 e. The van der Waals surface area contributed by atoms with Gasteiger partial charge in [0, 0.05) is 18.8 Å². The summed E-state index contributed by atoms with van der Waals surface area (Å²) in [5, 5.41) is 12.9. The maximum atomic E-state index is 9.36. The second-order valence-corrected chi connectivity index (χ2v) is 4.38. The first-order valence-electron chi connectivity index (χ1n) is 5.28. The molecule has 1 saturated carbocycles. The molecule has 76 valence electrons. The molecule has 1 aliphatic heterocycles. The molecule has 0 aromatic carbocycles. The minimum Gasteiger partial charge on any atom is -0.394 e. The van der Waals surface area contributed by atoms with Crippen molar-refractivity contribution in [3.8, 4) is 0 Å². The zero-order chi connectivity index (χ0) is 9.15. The Bertz CT molecular complexity index is 162. The van der Waals surface area contributed by atoms with E-state index in [9.17, 15) is 5.11 Å². The van der Waals surface area contributed by atoms with Crippen LogP contribution < -0.4 is 5.32 Å². The predicted octanol–water partition coefficient (Wildman–Crippen LogP) is 0.527.